The first-order valence-corrected chi connectivity index (χ1v) is 7.92. The van der Waals surface area contributed by atoms with Crippen LogP contribution in [0.15, 0.2) is 0 Å². The van der Waals surface area contributed by atoms with Gasteiger partial charge in [-0.15, -0.1) is 0 Å². The van der Waals surface area contributed by atoms with Crippen LogP contribution in [0.5, 0.6) is 0 Å². The van der Waals surface area contributed by atoms with Crippen LogP contribution in [-0.4, -0.2) is 57.9 Å². The monoisotopic (exact) mass is 264 g/mol. The summed E-state index contributed by atoms with van der Waals surface area (Å²) in [5.74, 6) is 0.184. The summed E-state index contributed by atoms with van der Waals surface area (Å²) in [5, 5.41) is 3.12. The van der Waals surface area contributed by atoms with Gasteiger partial charge >= 0.3 is 0 Å². The number of piperidine rings is 1. The Balaban J connectivity index is 2.40. The zero-order valence-electron chi connectivity index (χ0n) is 10.8. The molecule has 6 heteroatoms. The molecule has 0 saturated carbocycles. The van der Waals surface area contributed by atoms with Crippen molar-refractivity contribution in [2.75, 3.05) is 39.0 Å². The highest BCUT2D eigenvalue weighted by molar-refractivity contribution is 7.89. The first-order valence-electron chi connectivity index (χ1n) is 6.31. The maximum atomic E-state index is 12.0. The number of rotatable bonds is 7. The number of hydrogen-bond donors (Lipinski definition) is 1. The van der Waals surface area contributed by atoms with Gasteiger partial charge in [0.25, 0.3) is 0 Å². The van der Waals surface area contributed by atoms with Crippen molar-refractivity contribution in [2.24, 2.45) is 0 Å². The van der Waals surface area contributed by atoms with Gasteiger partial charge in [-0.1, -0.05) is 6.92 Å². The fourth-order valence-corrected chi connectivity index (χ4v) is 3.44. The topological polar surface area (TPSA) is 58.6 Å². The van der Waals surface area contributed by atoms with Gasteiger partial charge in [0.1, 0.15) is 0 Å². The molecular formula is C11H24N2O3S. The van der Waals surface area contributed by atoms with E-state index in [0.29, 0.717) is 19.6 Å². The van der Waals surface area contributed by atoms with E-state index in [-0.39, 0.29) is 11.9 Å². The largest absolute Gasteiger partial charge is 0.380 e. The summed E-state index contributed by atoms with van der Waals surface area (Å²) < 4.78 is 30.9. The van der Waals surface area contributed by atoms with Crippen LogP contribution < -0.4 is 5.32 Å². The van der Waals surface area contributed by atoms with Gasteiger partial charge < -0.3 is 10.1 Å². The molecule has 0 radical (unpaired) electrons. The maximum Gasteiger partial charge on any atom is 0.215 e. The summed E-state index contributed by atoms with van der Waals surface area (Å²) >= 11 is 0. The minimum absolute atomic E-state index is 0.0575. The van der Waals surface area contributed by atoms with Gasteiger partial charge in [0.15, 0.2) is 0 Å². The summed E-state index contributed by atoms with van der Waals surface area (Å²) in [6.07, 6.45) is 2.92. The zero-order chi connectivity index (χ0) is 12.7. The molecule has 1 aliphatic rings. The van der Waals surface area contributed by atoms with Crippen molar-refractivity contribution in [3.05, 3.63) is 0 Å². The van der Waals surface area contributed by atoms with E-state index in [0.717, 1.165) is 25.8 Å². The molecule has 1 unspecified atom stereocenters. The summed E-state index contributed by atoms with van der Waals surface area (Å²) in [5.41, 5.74) is 0. The van der Waals surface area contributed by atoms with E-state index in [4.69, 9.17) is 4.74 Å². The minimum atomic E-state index is -3.12. The third-order valence-corrected chi connectivity index (χ3v) is 4.87. The van der Waals surface area contributed by atoms with Crippen LogP contribution in [0.2, 0.25) is 0 Å². The Kier molecular flexibility index (Phi) is 6.40. The van der Waals surface area contributed by atoms with E-state index in [1.807, 2.05) is 0 Å². The van der Waals surface area contributed by atoms with Crippen molar-refractivity contribution in [2.45, 2.75) is 32.3 Å². The Bertz CT molecular complexity index is 306. The van der Waals surface area contributed by atoms with Crippen molar-refractivity contribution in [1.82, 2.24) is 9.62 Å². The lowest BCUT2D eigenvalue weighted by Crippen LogP contribution is -2.45. The van der Waals surface area contributed by atoms with Crippen LogP contribution in [-0.2, 0) is 14.8 Å². The van der Waals surface area contributed by atoms with Gasteiger partial charge in [-0.3, -0.25) is 0 Å². The second-order valence-electron chi connectivity index (χ2n) is 4.42. The van der Waals surface area contributed by atoms with E-state index in [1.54, 1.807) is 11.4 Å². The molecule has 17 heavy (non-hydrogen) atoms. The van der Waals surface area contributed by atoms with Crippen molar-refractivity contribution >= 4 is 10.0 Å². The Morgan fingerprint density at radius 3 is 2.82 bits per heavy atom. The highest BCUT2D eigenvalue weighted by atomic mass is 32.2. The fraction of sp³-hybridized carbons (Fsp3) is 1.00. The number of methoxy groups -OCH3 is 1. The van der Waals surface area contributed by atoms with E-state index in [1.165, 1.54) is 0 Å². The molecule has 0 aliphatic carbocycles. The quantitative estimate of drug-likeness (QED) is 0.677. The van der Waals surface area contributed by atoms with Crippen LogP contribution in [0.3, 0.4) is 0 Å². The van der Waals surface area contributed by atoms with Crippen LogP contribution in [0.25, 0.3) is 0 Å². The first kappa shape index (κ1) is 14.9. The molecule has 0 bridgehead atoms. The molecule has 0 spiro atoms. The molecule has 1 saturated heterocycles. The fourth-order valence-electron chi connectivity index (χ4n) is 1.98. The molecule has 1 N–H and O–H groups in total. The standard InChI is InChI=1S/C11H24N2O3S/c1-3-6-12-7-9-17(14,15)13-8-4-5-11(10-13)16-2/h11-12H,3-10H2,1-2H3. The van der Waals surface area contributed by atoms with Crippen LogP contribution in [0.1, 0.15) is 26.2 Å². The molecule has 1 fully saturated rings. The average Bonchev–Trinajstić information content (AvgIpc) is 2.35. The van der Waals surface area contributed by atoms with Gasteiger partial charge in [0, 0.05) is 26.7 Å². The number of nitrogens with zero attached hydrogens (tertiary/aromatic N) is 1. The highest BCUT2D eigenvalue weighted by Crippen LogP contribution is 2.15. The first-order chi connectivity index (χ1) is 8.10. The molecular weight excluding hydrogens is 240 g/mol. The summed E-state index contributed by atoms with van der Waals surface area (Å²) in [4.78, 5) is 0. The number of hydrogen-bond acceptors (Lipinski definition) is 4. The predicted octanol–water partition coefficient (Wildman–Crippen LogP) is 0.427. The summed E-state index contributed by atoms with van der Waals surface area (Å²) in [6, 6.07) is 0. The van der Waals surface area contributed by atoms with E-state index < -0.39 is 10.0 Å². The minimum Gasteiger partial charge on any atom is -0.380 e. The van der Waals surface area contributed by atoms with Crippen LogP contribution >= 0.6 is 0 Å². The number of ether oxygens (including phenoxy) is 1. The normalized spacial score (nSPS) is 22.8. The zero-order valence-corrected chi connectivity index (χ0v) is 11.6. The third-order valence-electron chi connectivity index (χ3n) is 3.03. The molecule has 1 aliphatic heterocycles. The van der Waals surface area contributed by atoms with Gasteiger partial charge in [0.2, 0.25) is 10.0 Å². The lowest BCUT2D eigenvalue weighted by atomic mass is 10.1. The van der Waals surface area contributed by atoms with Crippen LogP contribution in [0.4, 0.5) is 0 Å². The Labute approximate surface area is 105 Å². The van der Waals surface area contributed by atoms with E-state index in [9.17, 15) is 8.42 Å². The molecule has 102 valence electrons. The lowest BCUT2D eigenvalue weighted by molar-refractivity contribution is 0.0572. The van der Waals surface area contributed by atoms with Crippen molar-refractivity contribution in [3.8, 4) is 0 Å². The highest BCUT2D eigenvalue weighted by Gasteiger charge is 2.28. The number of nitrogens with one attached hydrogen (secondary N) is 1. The van der Waals surface area contributed by atoms with Gasteiger partial charge in [-0.05, 0) is 25.8 Å². The van der Waals surface area contributed by atoms with E-state index >= 15 is 0 Å². The molecule has 0 aromatic carbocycles. The molecule has 1 atom stereocenters. The molecule has 0 aromatic rings. The Hall–Kier alpha value is -0.170. The second-order valence-corrected chi connectivity index (χ2v) is 6.51. The van der Waals surface area contributed by atoms with Crippen LogP contribution in [0, 0.1) is 0 Å². The second kappa shape index (κ2) is 7.31. The molecule has 0 aromatic heterocycles. The Morgan fingerprint density at radius 2 is 2.18 bits per heavy atom. The van der Waals surface area contributed by atoms with Crippen molar-refractivity contribution < 1.29 is 13.2 Å². The predicted molar refractivity (Wildman–Crippen MR) is 68.6 cm³/mol. The third kappa shape index (κ3) is 4.91. The number of sulfonamides is 1. The van der Waals surface area contributed by atoms with Crippen molar-refractivity contribution in [1.29, 1.82) is 0 Å². The molecule has 5 nitrogen and oxygen atoms in total. The van der Waals surface area contributed by atoms with Crippen molar-refractivity contribution in [3.63, 3.8) is 0 Å². The smallest absolute Gasteiger partial charge is 0.215 e. The summed E-state index contributed by atoms with van der Waals surface area (Å²) in [7, 11) is -1.47. The lowest BCUT2D eigenvalue weighted by Gasteiger charge is -2.31. The summed E-state index contributed by atoms with van der Waals surface area (Å²) in [6.45, 7) is 4.61. The average molecular weight is 264 g/mol. The maximum absolute atomic E-state index is 12.0. The Morgan fingerprint density at radius 1 is 1.41 bits per heavy atom. The van der Waals surface area contributed by atoms with Gasteiger partial charge in [-0.2, -0.15) is 4.31 Å². The molecule has 1 rings (SSSR count). The van der Waals surface area contributed by atoms with E-state index in [2.05, 4.69) is 12.2 Å². The molecule has 0 amide bonds. The van der Waals surface area contributed by atoms with Gasteiger partial charge in [-0.25, -0.2) is 8.42 Å². The molecule has 1 heterocycles. The van der Waals surface area contributed by atoms with Gasteiger partial charge in [0.05, 0.1) is 11.9 Å². The SMILES string of the molecule is CCCNCCS(=O)(=O)N1CCCC(OC)C1.